The summed E-state index contributed by atoms with van der Waals surface area (Å²) in [5.74, 6) is -0.956. The fourth-order valence-corrected chi connectivity index (χ4v) is 4.61. The van der Waals surface area contributed by atoms with Crippen LogP contribution < -0.4 is 11.1 Å². The molecule has 174 valence electrons. The van der Waals surface area contributed by atoms with E-state index in [1.165, 1.54) is 0 Å². The quantitative estimate of drug-likeness (QED) is 0.355. The van der Waals surface area contributed by atoms with Crippen LogP contribution in [0.4, 0.5) is 5.69 Å². The minimum absolute atomic E-state index is 0.0825. The first kappa shape index (κ1) is 23.6. The number of rotatable bonds is 9. The number of amides is 1. The lowest BCUT2D eigenvalue weighted by molar-refractivity contribution is -0.117. The standard InChI is InChI=1S/C26H25N3O4S/c27-15-25(26(30)29-24-11-10-23-16-28-13-12-22(23)14-24)21-8-6-19(7-9-21)17-33-34(31,32)18-20-4-2-1-3-5-20/h1-14,16,25H,15,17-18,27H2,(H,29,30)/t25-/m1/s1. The molecule has 7 nitrogen and oxygen atoms in total. The van der Waals surface area contributed by atoms with Crippen molar-refractivity contribution >= 4 is 32.5 Å². The number of nitrogens with zero attached hydrogens (tertiary/aromatic N) is 1. The monoisotopic (exact) mass is 475 g/mol. The van der Waals surface area contributed by atoms with Crippen LogP contribution >= 0.6 is 0 Å². The zero-order chi connectivity index (χ0) is 24.0. The number of anilines is 1. The van der Waals surface area contributed by atoms with Gasteiger partial charge in [-0.1, -0.05) is 60.7 Å². The fourth-order valence-electron chi connectivity index (χ4n) is 3.61. The van der Waals surface area contributed by atoms with Gasteiger partial charge in [-0.05, 0) is 40.3 Å². The van der Waals surface area contributed by atoms with Crippen LogP contribution in [0, 0.1) is 0 Å². The minimum Gasteiger partial charge on any atom is -0.329 e. The summed E-state index contributed by atoms with van der Waals surface area (Å²) in [5.41, 5.74) is 8.66. The van der Waals surface area contributed by atoms with Crippen LogP contribution in [0.1, 0.15) is 22.6 Å². The Labute approximate surface area is 198 Å². The van der Waals surface area contributed by atoms with Crippen molar-refractivity contribution in [2.75, 3.05) is 11.9 Å². The van der Waals surface area contributed by atoms with E-state index in [0.29, 0.717) is 16.8 Å². The Morgan fingerprint density at radius 1 is 0.941 bits per heavy atom. The van der Waals surface area contributed by atoms with E-state index in [4.69, 9.17) is 9.92 Å². The Kier molecular flexibility index (Phi) is 7.32. The Hall–Kier alpha value is -3.59. The van der Waals surface area contributed by atoms with Crippen molar-refractivity contribution in [3.8, 4) is 0 Å². The second-order valence-corrected chi connectivity index (χ2v) is 9.55. The molecule has 0 saturated carbocycles. The van der Waals surface area contributed by atoms with Gasteiger partial charge < -0.3 is 11.1 Å². The normalized spacial score (nSPS) is 12.4. The van der Waals surface area contributed by atoms with Crippen molar-refractivity contribution in [2.45, 2.75) is 18.3 Å². The lowest BCUT2D eigenvalue weighted by Gasteiger charge is -2.16. The highest BCUT2D eigenvalue weighted by Gasteiger charge is 2.20. The molecule has 0 aliphatic heterocycles. The number of hydrogen-bond acceptors (Lipinski definition) is 6. The largest absolute Gasteiger partial charge is 0.329 e. The molecule has 0 bridgehead atoms. The van der Waals surface area contributed by atoms with E-state index >= 15 is 0 Å². The molecule has 1 amide bonds. The van der Waals surface area contributed by atoms with Crippen molar-refractivity contribution < 1.29 is 17.4 Å². The number of carbonyl (C=O) groups excluding carboxylic acids is 1. The molecule has 4 rings (SSSR count). The first-order valence-electron chi connectivity index (χ1n) is 10.8. The second kappa shape index (κ2) is 10.6. The van der Waals surface area contributed by atoms with Gasteiger partial charge in [-0.3, -0.25) is 14.0 Å². The molecule has 1 aromatic heterocycles. The van der Waals surface area contributed by atoms with Crippen LogP contribution in [0.15, 0.2) is 91.3 Å². The van der Waals surface area contributed by atoms with Crippen molar-refractivity contribution in [1.29, 1.82) is 0 Å². The van der Waals surface area contributed by atoms with Crippen LogP contribution in [0.25, 0.3) is 10.8 Å². The molecule has 0 spiro atoms. The predicted molar refractivity (Wildman–Crippen MR) is 132 cm³/mol. The summed E-state index contributed by atoms with van der Waals surface area (Å²) in [6.07, 6.45) is 3.47. The number of hydrogen-bond donors (Lipinski definition) is 2. The molecule has 3 N–H and O–H groups in total. The molecule has 3 aromatic carbocycles. The molecular formula is C26H25N3O4S. The summed E-state index contributed by atoms with van der Waals surface area (Å²) in [6, 6.07) is 23.4. The summed E-state index contributed by atoms with van der Waals surface area (Å²) < 4.78 is 29.7. The highest BCUT2D eigenvalue weighted by Crippen LogP contribution is 2.22. The SMILES string of the molecule is NC[C@@H](C(=O)Nc1ccc2cnccc2c1)c1ccc(COS(=O)(=O)Cc2ccccc2)cc1. The van der Waals surface area contributed by atoms with E-state index < -0.39 is 16.0 Å². The molecule has 0 fully saturated rings. The summed E-state index contributed by atoms with van der Waals surface area (Å²) in [5, 5.41) is 4.88. The summed E-state index contributed by atoms with van der Waals surface area (Å²) in [4.78, 5) is 17.0. The van der Waals surface area contributed by atoms with E-state index in [1.54, 1.807) is 60.9 Å². The van der Waals surface area contributed by atoms with Crippen LogP contribution in [-0.4, -0.2) is 25.9 Å². The van der Waals surface area contributed by atoms with Gasteiger partial charge in [0.2, 0.25) is 5.91 Å². The fraction of sp³-hybridized carbons (Fsp3) is 0.154. The summed E-state index contributed by atoms with van der Waals surface area (Å²) in [6.45, 7) is 0.0471. The van der Waals surface area contributed by atoms with Gasteiger partial charge in [0.15, 0.2) is 0 Å². The summed E-state index contributed by atoms with van der Waals surface area (Å²) >= 11 is 0. The lowest BCUT2D eigenvalue weighted by atomic mass is 9.97. The predicted octanol–water partition coefficient (Wildman–Crippen LogP) is 3.96. The highest BCUT2D eigenvalue weighted by molar-refractivity contribution is 7.85. The van der Waals surface area contributed by atoms with Gasteiger partial charge in [0, 0.05) is 30.0 Å². The number of pyridine rings is 1. The maximum Gasteiger partial charge on any atom is 0.271 e. The number of fused-ring (bicyclic) bond motifs is 1. The zero-order valence-electron chi connectivity index (χ0n) is 18.4. The Morgan fingerprint density at radius 3 is 2.44 bits per heavy atom. The van der Waals surface area contributed by atoms with Crippen molar-refractivity contribution in [1.82, 2.24) is 4.98 Å². The van der Waals surface area contributed by atoms with Gasteiger partial charge in [-0.25, -0.2) is 0 Å². The van der Waals surface area contributed by atoms with Gasteiger partial charge in [0.1, 0.15) is 5.75 Å². The van der Waals surface area contributed by atoms with Gasteiger partial charge >= 0.3 is 0 Å². The topological polar surface area (TPSA) is 111 Å². The Morgan fingerprint density at radius 2 is 1.71 bits per heavy atom. The maximum absolute atomic E-state index is 12.9. The van der Waals surface area contributed by atoms with Gasteiger partial charge in [0.25, 0.3) is 10.1 Å². The third kappa shape index (κ3) is 6.05. The van der Waals surface area contributed by atoms with E-state index in [0.717, 1.165) is 16.3 Å². The third-order valence-corrected chi connectivity index (χ3v) is 6.60. The number of nitrogens with two attached hydrogens (primary N) is 1. The second-order valence-electron chi connectivity index (χ2n) is 7.91. The van der Waals surface area contributed by atoms with Crippen molar-refractivity contribution in [2.24, 2.45) is 5.73 Å². The molecule has 1 heterocycles. The van der Waals surface area contributed by atoms with E-state index in [2.05, 4.69) is 10.3 Å². The number of nitrogens with one attached hydrogen (secondary N) is 1. The third-order valence-electron chi connectivity index (χ3n) is 5.43. The van der Waals surface area contributed by atoms with Crippen LogP contribution in [0.2, 0.25) is 0 Å². The number of carbonyl (C=O) groups is 1. The van der Waals surface area contributed by atoms with E-state index in [-0.39, 0.29) is 24.8 Å². The molecule has 8 heteroatoms. The van der Waals surface area contributed by atoms with E-state index in [1.807, 2.05) is 30.3 Å². The van der Waals surface area contributed by atoms with Gasteiger partial charge in [-0.15, -0.1) is 0 Å². The molecule has 34 heavy (non-hydrogen) atoms. The summed E-state index contributed by atoms with van der Waals surface area (Å²) in [7, 11) is -3.72. The van der Waals surface area contributed by atoms with Crippen LogP contribution in [-0.2, 0) is 31.5 Å². The van der Waals surface area contributed by atoms with Gasteiger partial charge in [0.05, 0.1) is 12.5 Å². The maximum atomic E-state index is 12.9. The molecule has 0 radical (unpaired) electrons. The molecular weight excluding hydrogens is 450 g/mol. The first-order valence-corrected chi connectivity index (χ1v) is 12.4. The molecule has 0 aliphatic rings. The molecule has 0 aliphatic carbocycles. The lowest BCUT2D eigenvalue weighted by Crippen LogP contribution is -2.27. The number of aromatic nitrogens is 1. The smallest absolute Gasteiger partial charge is 0.271 e. The minimum atomic E-state index is -3.72. The molecule has 1 atom stereocenters. The van der Waals surface area contributed by atoms with Crippen LogP contribution in [0.3, 0.4) is 0 Å². The Bertz CT molecular complexity index is 1370. The van der Waals surface area contributed by atoms with Crippen molar-refractivity contribution in [3.05, 3.63) is 108 Å². The van der Waals surface area contributed by atoms with Crippen molar-refractivity contribution in [3.63, 3.8) is 0 Å². The molecule has 4 aromatic rings. The molecule has 0 unspecified atom stereocenters. The first-order chi connectivity index (χ1) is 16.4. The highest BCUT2D eigenvalue weighted by atomic mass is 32.2. The average molecular weight is 476 g/mol. The zero-order valence-corrected chi connectivity index (χ0v) is 19.2. The van der Waals surface area contributed by atoms with E-state index in [9.17, 15) is 13.2 Å². The molecule has 0 saturated heterocycles. The Balaban J connectivity index is 1.38. The van der Waals surface area contributed by atoms with Gasteiger partial charge in [-0.2, -0.15) is 8.42 Å². The number of benzene rings is 3. The van der Waals surface area contributed by atoms with Crippen LogP contribution in [0.5, 0.6) is 0 Å². The average Bonchev–Trinajstić information content (AvgIpc) is 2.84.